The van der Waals surface area contributed by atoms with Crippen LogP contribution in [-0.2, 0) is 29.2 Å². The topological polar surface area (TPSA) is 92.3 Å². The number of hydrogen-bond donors (Lipinski definition) is 2. The van der Waals surface area contributed by atoms with E-state index in [1.54, 1.807) is 0 Å². The van der Waals surface area contributed by atoms with Crippen molar-refractivity contribution < 1.29 is 14.6 Å². The normalized spacial score (nSPS) is 13.9. The lowest BCUT2D eigenvalue weighted by Crippen LogP contribution is -2.17. The molecule has 0 saturated carbocycles. The Morgan fingerprint density at radius 3 is 3.07 bits per heavy atom. The molecule has 0 amide bonds. The Labute approximate surface area is 84.9 Å². The predicted octanol–water partition coefficient (Wildman–Crippen LogP) is -0.183. The number of H-pyrrole nitrogens is 1. The summed E-state index contributed by atoms with van der Waals surface area (Å²) in [5, 5.41) is 8.49. The number of aromatic amines is 1. The van der Waals surface area contributed by atoms with Crippen LogP contribution in [0.5, 0.6) is 0 Å². The van der Waals surface area contributed by atoms with Gasteiger partial charge in [0, 0.05) is 6.42 Å². The highest BCUT2D eigenvalue weighted by atomic mass is 16.5. The van der Waals surface area contributed by atoms with Crippen LogP contribution in [0.25, 0.3) is 0 Å². The van der Waals surface area contributed by atoms with Crippen molar-refractivity contribution in [2.75, 3.05) is 0 Å². The maximum atomic E-state index is 11.5. The number of carbonyl (C=O) groups is 1. The molecule has 80 valence electrons. The molecule has 0 atom stereocenters. The predicted molar refractivity (Wildman–Crippen MR) is 49.3 cm³/mol. The van der Waals surface area contributed by atoms with Gasteiger partial charge >= 0.3 is 5.97 Å². The molecule has 0 bridgehead atoms. The lowest BCUT2D eigenvalue weighted by atomic mass is 10.2. The molecule has 0 radical (unpaired) electrons. The van der Waals surface area contributed by atoms with Crippen LogP contribution in [0.15, 0.2) is 4.79 Å². The van der Waals surface area contributed by atoms with Crippen LogP contribution in [0, 0.1) is 0 Å². The summed E-state index contributed by atoms with van der Waals surface area (Å²) in [6, 6.07) is 0. The molecule has 1 aliphatic heterocycles. The van der Waals surface area contributed by atoms with E-state index in [0.717, 1.165) is 0 Å². The standard InChI is InChI=1S/C9H10N2O4/c12-8(13)2-1-7-10-6-4-15-3-5(6)9(14)11-7/h1-4H2,(H,12,13)(H,10,11,14). The average Bonchev–Trinajstić information content (AvgIpc) is 2.63. The van der Waals surface area contributed by atoms with Crippen molar-refractivity contribution in [3.05, 3.63) is 27.4 Å². The molecular weight excluding hydrogens is 200 g/mol. The molecule has 15 heavy (non-hydrogen) atoms. The van der Waals surface area contributed by atoms with Crippen LogP contribution in [-0.4, -0.2) is 21.0 Å². The summed E-state index contributed by atoms with van der Waals surface area (Å²) in [4.78, 5) is 28.5. The Morgan fingerprint density at radius 1 is 1.53 bits per heavy atom. The van der Waals surface area contributed by atoms with Crippen LogP contribution in [0.1, 0.15) is 23.5 Å². The number of fused-ring (bicyclic) bond motifs is 1. The molecule has 6 nitrogen and oxygen atoms in total. The molecule has 0 saturated heterocycles. The average molecular weight is 210 g/mol. The van der Waals surface area contributed by atoms with E-state index in [4.69, 9.17) is 9.84 Å². The number of carboxylic acid groups (broad SMARTS) is 1. The number of nitrogens with zero attached hydrogens (tertiary/aromatic N) is 1. The molecule has 0 spiro atoms. The molecule has 0 aliphatic carbocycles. The van der Waals surface area contributed by atoms with Gasteiger partial charge in [-0.2, -0.15) is 0 Å². The zero-order chi connectivity index (χ0) is 10.8. The summed E-state index contributed by atoms with van der Waals surface area (Å²) in [5.74, 6) is -0.499. The number of hydrogen-bond acceptors (Lipinski definition) is 4. The van der Waals surface area contributed by atoms with Crippen molar-refractivity contribution in [1.29, 1.82) is 0 Å². The summed E-state index contributed by atoms with van der Waals surface area (Å²) < 4.78 is 5.08. The molecule has 1 aromatic heterocycles. The molecular formula is C9H10N2O4. The van der Waals surface area contributed by atoms with Crippen LogP contribution in [0.3, 0.4) is 0 Å². The molecule has 2 N–H and O–H groups in total. The van der Waals surface area contributed by atoms with Gasteiger partial charge in [-0.05, 0) is 0 Å². The molecule has 6 heteroatoms. The summed E-state index contributed by atoms with van der Waals surface area (Å²) in [6.07, 6.45) is 0.195. The number of aryl methyl sites for hydroxylation is 1. The largest absolute Gasteiger partial charge is 0.481 e. The third-order valence-electron chi connectivity index (χ3n) is 2.21. The van der Waals surface area contributed by atoms with Gasteiger partial charge in [0.15, 0.2) is 0 Å². The molecule has 1 aliphatic rings. The number of nitrogens with one attached hydrogen (secondary N) is 1. The third-order valence-corrected chi connectivity index (χ3v) is 2.21. The Morgan fingerprint density at radius 2 is 2.33 bits per heavy atom. The highest BCUT2D eigenvalue weighted by Crippen LogP contribution is 2.13. The number of aromatic nitrogens is 2. The fourth-order valence-electron chi connectivity index (χ4n) is 1.46. The van der Waals surface area contributed by atoms with E-state index >= 15 is 0 Å². The number of rotatable bonds is 3. The SMILES string of the molecule is O=C(O)CCc1nc2c(c(=O)[nH]1)COC2. The van der Waals surface area contributed by atoms with E-state index < -0.39 is 5.97 Å². The minimum atomic E-state index is -0.908. The summed E-state index contributed by atoms with van der Waals surface area (Å²) >= 11 is 0. The monoisotopic (exact) mass is 210 g/mol. The van der Waals surface area contributed by atoms with Gasteiger partial charge in [-0.25, -0.2) is 4.98 Å². The zero-order valence-electron chi connectivity index (χ0n) is 7.95. The maximum absolute atomic E-state index is 11.5. The van der Waals surface area contributed by atoms with Gasteiger partial charge in [0.25, 0.3) is 5.56 Å². The van der Waals surface area contributed by atoms with Crippen LogP contribution in [0.2, 0.25) is 0 Å². The molecule has 0 aromatic carbocycles. The van der Waals surface area contributed by atoms with Gasteiger partial charge in [0.05, 0.1) is 30.9 Å². The van der Waals surface area contributed by atoms with Gasteiger partial charge in [-0.15, -0.1) is 0 Å². The van der Waals surface area contributed by atoms with Crippen LogP contribution in [0.4, 0.5) is 0 Å². The van der Waals surface area contributed by atoms with E-state index in [1.165, 1.54) is 0 Å². The van der Waals surface area contributed by atoms with Gasteiger partial charge in [-0.3, -0.25) is 9.59 Å². The lowest BCUT2D eigenvalue weighted by Gasteiger charge is -2.00. The highest BCUT2D eigenvalue weighted by molar-refractivity contribution is 5.66. The highest BCUT2D eigenvalue weighted by Gasteiger charge is 2.17. The van der Waals surface area contributed by atoms with Crippen molar-refractivity contribution >= 4 is 5.97 Å². The van der Waals surface area contributed by atoms with E-state index in [1.807, 2.05) is 0 Å². The zero-order valence-corrected chi connectivity index (χ0v) is 7.95. The van der Waals surface area contributed by atoms with Crippen molar-refractivity contribution in [3.8, 4) is 0 Å². The second-order valence-electron chi connectivity index (χ2n) is 3.32. The second kappa shape index (κ2) is 3.82. The smallest absolute Gasteiger partial charge is 0.303 e. The Balaban J connectivity index is 2.24. The fourth-order valence-corrected chi connectivity index (χ4v) is 1.46. The van der Waals surface area contributed by atoms with Crippen molar-refractivity contribution in [3.63, 3.8) is 0 Å². The summed E-state index contributed by atoms with van der Waals surface area (Å²) in [7, 11) is 0. The van der Waals surface area contributed by atoms with Crippen LogP contribution >= 0.6 is 0 Å². The van der Waals surface area contributed by atoms with Gasteiger partial charge in [0.1, 0.15) is 5.82 Å². The van der Waals surface area contributed by atoms with Gasteiger partial charge < -0.3 is 14.8 Å². The van der Waals surface area contributed by atoms with Gasteiger partial charge in [-0.1, -0.05) is 0 Å². The molecule has 1 aromatic rings. The second-order valence-corrected chi connectivity index (χ2v) is 3.32. The quantitative estimate of drug-likeness (QED) is 0.721. The number of ether oxygens (including phenoxy) is 1. The number of aliphatic carboxylic acids is 1. The van der Waals surface area contributed by atoms with E-state index in [9.17, 15) is 9.59 Å². The molecule has 0 unspecified atom stereocenters. The Kier molecular flexibility index (Phi) is 2.51. The minimum absolute atomic E-state index is 0.0391. The first kappa shape index (κ1) is 9.85. The summed E-state index contributed by atoms with van der Waals surface area (Å²) in [6.45, 7) is 0.621. The first-order valence-electron chi connectivity index (χ1n) is 4.57. The molecule has 2 rings (SSSR count). The van der Waals surface area contributed by atoms with E-state index in [-0.39, 0.29) is 25.0 Å². The van der Waals surface area contributed by atoms with Crippen molar-refractivity contribution in [1.82, 2.24) is 9.97 Å². The maximum Gasteiger partial charge on any atom is 0.303 e. The Bertz CT molecular complexity index is 452. The molecule has 2 heterocycles. The first-order chi connectivity index (χ1) is 7.16. The molecule has 0 fully saturated rings. The lowest BCUT2D eigenvalue weighted by molar-refractivity contribution is -0.137. The first-order valence-corrected chi connectivity index (χ1v) is 4.57. The summed E-state index contributed by atoms with van der Waals surface area (Å²) in [5.41, 5.74) is 0.950. The van der Waals surface area contributed by atoms with E-state index in [0.29, 0.717) is 23.7 Å². The Hall–Kier alpha value is -1.69. The van der Waals surface area contributed by atoms with Crippen LogP contribution < -0.4 is 5.56 Å². The third kappa shape index (κ3) is 2.04. The van der Waals surface area contributed by atoms with Crippen molar-refractivity contribution in [2.24, 2.45) is 0 Å². The number of carboxylic acids is 1. The van der Waals surface area contributed by atoms with E-state index in [2.05, 4.69) is 9.97 Å². The van der Waals surface area contributed by atoms with Gasteiger partial charge in [0.2, 0.25) is 0 Å². The minimum Gasteiger partial charge on any atom is -0.481 e. The van der Waals surface area contributed by atoms with Crippen molar-refractivity contribution in [2.45, 2.75) is 26.1 Å². The fraction of sp³-hybridized carbons (Fsp3) is 0.444.